The van der Waals surface area contributed by atoms with Crippen molar-refractivity contribution in [1.82, 2.24) is 5.32 Å². The van der Waals surface area contributed by atoms with E-state index >= 15 is 0 Å². The standard InChI is InChI=1S/C17H25NO2.C15H21NO3/c1-4-13-6-8-14(9-7-13)17(19)18-15-10-5-12(2)16(11-15)20-3;1-4-13-10(2)5-12(6-14(13)11(3)17)19-9-15(18)7-16-8-15/h5,10-11,13-14H,4,6-9H2,1-3H3,(H,18,19);5-6,16,18H,4,7-9H2,1-3H3. The number of nitrogens with one attached hydrogen (secondary N) is 2. The molecular weight excluding hydrogens is 492 g/mol. The summed E-state index contributed by atoms with van der Waals surface area (Å²) in [5.74, 6) is 2.67. The SMILES string of the molecule is CCC1CCC(C(=O)Nc2ccc(C)c(OC)c2)CC1.CCc1c(C)cc(OCC2(O)CNC2)cc1C(C)=O. The fraction of sp³-hybridized carbons (Fsp3) is 0.562. The highest BCUT2D eigenvalue weighted by Crippen LogP contribution is 2.32. The van der Waals surface area contributed by atoms with Crippen molar-refractivity contribution in [3.8, 4) is 11.5 Å². The lowest BCUT2D eigenvalue weighted by molar-refractivity contribution is -0.121. The molecule has 214 valence electrons. The number of ether oxygens (including phenoxy) is 2. The molecule has 1 saturated carbocycles. The van der Waals surface area contributed by atoms with Crippen molar-refractivity contribution in [2.75, 3.05) is 32.1 Å². The third-order valence-corrected chi connectivity index (χ3v) is 8.07. The molecule has 0 aromatic heterocycles. The predicted molar refractivity (Wildman–Crippen MR) is 156 cm³/mol. The minimum atomic E-state index is -0.770. The van der Waals surface area contributed by atoms with Crippen LogP contribution in [0.3, 0.4) is 0 Å². The Balaban J connectivity index is 0.000000216. The van der Waals surface area contributed by atoms with Gasteiger partial charge in [-0.05, 0) is 93.7 Å². The maximum Gasteiger partial charge on any atom is 0.227 e. The molecule has 0 bridgehead atoms. The first-order valence-corrected chi connectivity index (χ1v) is 14.2. The fourth-order valence-electron chi connectivity index (χ4n) is 5.36. The van der Waals surface area contributed by atoms with E-state index in [-0.39, 0.29) is 24.2 Å². The topological polar surface area (TPSA) is 96.9 Å². The van der Waals surface area contributed by atoms with Gasteiger partial charge in [0.2, 0.25) is 5.91 Å². The summed E-state index contributed by atoms with van der Waals surface area (Å²) < 4.78 is 10.9. The van der Waals surface area contributed by atoms with E-state index in [0.29, 0.717) is 18.8 Å². The second kappa shape index (κ2) is 13.9. The van der Waals surface area contributed by atoms with Crippen LogP contribution in [0.25, 0.3) is 0 Å². The van der Waals surface area contributed by atoms with Gasteiger partial charge in [0, 0.05) is 36.3 Å². The van der Waals surface area contributed by atoms with Gasteiger partial charge in [-0.3, -0.25) is 9.59 Å². The summed E-state index contributed by atoms with van der Waals surface area (Å²) in [6.45, 7) is 11.2. The molecule has 2 fully saturated rings. The van der Waals surface area contributed by atoms with Crippen LogP contribution in [0, 0.1) is 25.7 Å². The maximum atomic E-state index is 12.3. The number of hydrogen-bond acceptors (Lipinski definition) is 6. The maximum absolute atomic E-state index is 12.3. The van der Waals surface area contributed by atoms with Gasteiger partial charge in [-0.1, -0.05) is 26.3 Å². The van der Waals surface area contributed by atoms with Crippen LogP contribution in [-0.4, -0.2) is 49.2 Å². The van der Waals surface area contributed by atoms with Gasteiger partial charge in [0.1, 0.15) is 23.7 Å². The number of methoxy groups -OCH3 is 1. The average Bonchev–Trinajstić information content (AvgIpc) is 2.91. The lowest BCUT2D eigenvalue weighted by Gasteiger charge is -2.37. The number of ketones is 1. The van der Waals surface area contributed by atoms with Crippen LogP contribution in [0.15, 0.2) is 30.3 Å². The number of carbonyl (C=O) groups excluding carboxylic acids is 2. The molecule has 1 aliphatic heterocycles. The lowest BCUT2D eigenvalue weighted by Crippen LogP contribution is -2.62. The second-order valence-corrected chi connectivity index (χ2v) is 11.1. The summed E-state index contributed by atoms with van der Waals surface area (Å²) in [4.78, 5) is 24.0. The van der Waals surface area contributed by atoms with E-state index in [1.807, 2.05) is 45.0 Å². The molecule has 1 saturated heterocycles. The van der Waals surface area contributed by atoms with Crippen LogP contribution in [-0.2, 0) is 11.2 Å². The van der Waals surface area contributed by atoms with Crippen molar-refractivity contribution in [2.45, 2.75) is 78.7 Å². The number of aryl methyl sites for hydroxylation is 2. The minimum Gasteiger partial charge on any atom is -0.496 e. The van der Waals surface area contributed by atoms with Crippen molar-refractivity contribution in [3.05, 3.63) is 52.6 Å². The summed E-state index contributed by atoms with van der Waals surface area (Å²) >= 11 is 0. The molecule has 1 aliphatic carbocycles. The highest BCUT2D eigenvalue weighted by atomic mass is 16.5. The number of Topliss-reactive ketones (excluding diaryl/α,β-unsaturated/α-hetero) is 1. The summed E-state index contributed by atoms with van der Waals surface area (Å²) in [7, 11) is 1.65. The Morgan fingerprint density at radius 3 is 2.28 bits per heavy atom. The number of β-amino-alcohol motifs (C(OH)–C–C–N with tert-alkyl or cyclic N) is 1. The van der Waals surface area contributed by atoms with E-state index in [1.54, 1.807) is 20.1 Å². The van der Waals surface area contributed by atoms with Gasteiger partial charge < -0.3 is 25.2 Å². The fourth-order valence-corrected chi connectivity index (χ4v) is 5.36. The molecule has 39 heavy (non-hydrogen) atoms. The molecule has 0 unspecified atom stereocenters. The Hall–Kier alpha value is -2.90. The summed E-state index contributed by atoms with van der Waals surface area (Å²) in [6, 6.07) is 9.52. The van der Waals surface area contributed by atoms with Crippen LogP contribution in [0.4, 0.5) is 5.69 Å². The first-order valence-electron chi connectivity index (χ1n) is 14.2. The van der Waals surface area contributed by atoms with E-state index in [4.69, 9.17) is 9.47 Å². The molecule has 4 rings (SSSR count). The van der Waals surface area contributed by atoms with E-state index in [1.165, 1.54) is 19.3 Å². The lowest BCUT2D eigenvalue weighted by atomic mass is 9.80. The Bertz CT molecular complexity index is 1130. The molecular formula is C32H46N2O5. The van der Waals surface area contributed by atoms with E-state index in [2.05, 4.69) is 17.6 Å². The summed E-state index contributed by atoms with van der Waals surface area (Å²) in [6.07, 6.45) is 6.48. The van der Waals surface area contributed by atoms with Crippen molar-refractivity contribution in [3.63, 3.8) is 0 Å². The molecule has 3 N–H and O–H groups in total. The van der Waals surface area contributed by atoms with Crippen molar-refractivity contribution < 1.29 is 24.2 Å². The number of aliphatic hydroxyl groups is 1. The van der Waals surface area contributed by atoms with Crippen LogP contribution < -0.4 is 20.1 Å². The van der Waals surface area contributed by atoms with E-state index < -0.39 is 5.60 Å². The Kier molecular flexibility index (Phi) is 11.0. The second-order valence-electron chi connectivity index (χ2n) is 11.1. The van der Waals surface area contributed by atoms with Crippen LogP contribution in [0.5, 0.6) is 11.5 Å². The number of rotatable bonds is 9. The zero-order valence-electron chi connectivity index (χ0n) is 24.5. The molecule has 1 heterocycles. The average molecular weight is 539 g/mol. The van der Waals surface area contributed by atoms with Gasteiger partial charge >= 0.3 is 0 Å². The number of amides is 1. The highest BCUT2D eigenvalue weighted by molar-refractivity contribution is 5.96. The molecule has 0 spiro atoms. The van der Waals surface area contributed by atoms with Gasteiger partial charge in [0.25, 0.3) is 0 Å². The van der Waals surface area contributed by atoms with Gasteiger partial charge in [0.05, 0.1) is 7.11 Å². The molecule has 2 aromatic rings. The summed E-state index contributed by atoms with van der Waals surface area (Å²) in [5.41, 5.74) is 3.99. The Morgan fingerprint density at radius 1 is 1.05 bits per heavy atom. The molecule has 0 radical (unpaired) electrons. The number of benzene rings is 2. The zero-order valence-corrected chi connectivity index (χ0v) is 24.5. The van der Waals surface area contributed by atoms with Gasteiger partial charge in [0.15, 0.2) is 5.78 Å². The monoisotopic (exact) mass is 538 g/mol. The van der Waals surface area contributed by atoms with Crippen LogP contribution >= 0.6 is 0 Å². The van der Waals surface area contributed by atoms with Crippen molar-refractivity contribution in [1.29, 1.82) is 0 Å². The first-order chi connectivity index (χ1) is 18.6. The third kappa shape index (κ3) is 8.29. The molecule has 0 atom stereocenters. The smallest absolute Gasteiger partial charge is 0.227 e. The summed E-state index contributed by atoms with van der Waals surface area (Å²) in [5, 5.41) is 16.0. The Morgan fingerprint density at radius 2 is 1.74 bits per heavy atom. The minimum absolute atomic E-state index is 0.0504. The first kappa shape index (κ1) is 30.6. The van der Waals surface area contributed by atoms with Gasteiger partial charge in [-0.15, -0.1) is 0 Å². The largest absolute Gasteiger partial charge is 0.496 e. The Labute approximate surface area is 233 Å². The third-order valence-electron chi connectivity index (χ3n) is 8.07. The predicted octanol–water partition coefficient (Wildman–Crippen LogP) is 5.63. The van der Waals surface area contributed by atoms with Crippen molar-refractivity contribution >= 4 is 17.4 Å². The quantitative estimate of drug-likeness (QED) is 0.358. The highest BCUT2D eigenvalue weighted by Gasteiger charge is 2.35. The van der Waals surface area contributed by atoms with Crippen molar-refractivity contribution in [2.24, 2.45) is 11.8 Å². The molecule has 1 amide bonds. The van der Waals surface area contributed by atoms with Gasteiger partial charge in [-0.25, -0.2) is 0 Å². The van der Waals surface area contributed by atoms with E-state index in [9.17, 15) is 14.7 Å². The van der Waals surface area contributed by atoms with E-state index in [0.717, 1.165) is 58.9 Å². The number of anilines is 1. The molecule has 7 nitrogen and oxygen atoms in total. The van der Waals surface area contributed by atoms with Crippen LogP contribution in [0.2, 0.25) is 0 Å². The van der Waals surface area contributed by atoms with Crippen LogP contribution in [0.1, 0.15) is 79.9 Å². The molecule has 7 heteroatoms. The van der Waals surface area contributed by atoms with Gasteiger partial charge in [-0.2, -0.15) is 0 Å². The molecule has 2 aromatic carbocycles. The number of hydrogen-bond donors (Lipinski definition) is 3. The molecule has 2 aliphatic rings. The normalized spacial score (nSPS) is 19.7. The number of carbonyl (C=O) groups is 2. The zero-order chi connectivity index (χ0) is 28.6.